The smallest absolute Gasteiger partial charge is 0.162 e. The monoisotopic (exact) mass is 255 g/mol. The van der Waals surface area contributed by atoms with Gasteiger partial charge in [-0.25, -0.2) is 0 Å². The van der Waals surface area contributed by atoms with Gasteiger partial charge in [-0.2, -0.15) is 0 Å². The van der Waals surface area contributed by atoms with Crippen molar-refractivity contribution in [3.63, 3.8) is 0 Å². The van der Waals surface area contributed by atoms with Crippen LogP contribution in [-0.2, 0) is 6.54 Å². The van der Waals surface area contributed by atoms with Crippen LogP contribution < -0.4 is 5.32 Å². The van der Waals surface area contributed by atoms with E-state index in [0.717, 1.165) is 22.6 Å². The van der Waals surface area contributed by atoms with Crippen LogP contribution in [0.25, 0.3) is 0 Å². The van der Waals surface area contributed by atoms with Crippen molar-refractivity contribution in [2.75, 3.05) is 5.32 Å². The molecule has 1 heterocycles. The highest BCUT2D eigenvalue weighted by molar-refractivity contribution is 5.96. The van der Waals surface area contributed by atoms with Crippen molar-refractivity contribution in [3.05, 3.63) is 53.6 Å². The third-order valence-corrected chi connectivity index (χ3v) is 2.84. The van der Waals surface area contributed by atoms with Crippen LogP contribution in [0.3, 0.4) is 0 Å². The second-order valence-electron chi connectivity index (χ2n) is 4.36. The predicted molar refractivity (Wildman–Crippen MR) is 75.2 cm³/mol. The summed E-state index contributed by atoms with van der Waals surface area (Å²) in [5.74, 6) is 0.163. The fraction of sp³-hybridized carbons (Fsp3) is 0.267. The highest BCUT2D eigenvalue weighted by atomic mass is 16.1. The Kier molecular flexibility index (Phi) is 4.23. The molecule has 0 spiro atoms. The van der Waals surface area contributed by atoms with Crippen LogP contribution >= 0.6 is 0 Å². The van der Waals surface area contributed by atoms with Crippen molar-refractivity contribution in [1.82, 2.24) is 9.97 Å². The Hall–Kier alpha value is -2.23. The summed E-state index contributed by atoms with van der Waals surface area (Å²) < 4.78 is 0. The lowest BCUT2D eigenvalue weighted by molar-refractivity contribution is 0.0988. The van der Waals surface area contributed by atoms with Crippen molar-refractivity contribution in [2.45, 2.75) is 26.8 Å². The Morgan fingerprint density at radius 3 is 2.47 bits per heavy atom. The first-order chi connectivity index (χ1) is 9.19. The minimum atomic E-state index is 0.163. The molecule has 0 aliphatic rings. The number of aromatic nitrogens is 2. The molecule has 0 aliphatic heterocycles. The Balaban J connectivity index is 1.96. The number of carbonyl (C=O) groups excluding carboxylic acids is 1. The standard InChI is InChI=1S/C15H17N3O/c1-3-15(19)12-4-6-13(7-5-12)18-10-14-9-16-11(2)8-17-14/h4-9,18H,3,10H2,1-2H3. The van der Waals surface area contributed by atoms with E-state index in [1.807, 2.05) is 38.1 Å². The van der Waals surface area contributed by atoms with Gasteiger partial charge in [0, 0.05) is 23.9 Å². The number of nitrogens with one attached hydrogen (secondary N) is 1. The summed E-state index contributed by atoms with van der Waals surface area (Å²) in [6.07, 6.45) is 4.04. The molecule has 0 radical (unpaired) electrons. The second kappa shape index (κ2) is 6.09. The lowest BCUT2D eigenvalue weighted by Crippen LogP contribution is -2.03. The molecule has 2 rings (SSSR count). The number of aryl methyl sites for hydroxylation is 1. The SMILES string of the molecule is CCC(=O)c1ccc(NCc2cnc(C)cn2)cc1. The van der Waals surface area contributed by atoms with Crippen LogP contribution in [0.5, 0.6) is 0 Å². The summed E-state index contributed by atoms with van der Waals surface area (Å²) in [4.78, 5) is 20.0. The molecule has 0 saturated carbocycles. The average molecular weight is 255 g/mol. The number of anilines is 1. The molecule has 0 aliphatic carbocycles. The fourth-order valence-corrected chi connectivity index (χ4v) is 1.68. The number of Topliss-reactive ketones (excluding diaryl/α,β-unsaturated/α-hetero) is 1. The predicted octanol–water partition coefficient (Wildman–Crippen LogP) is 2.99. The van der Waals surface area contributed by atoms with Crippen molar-refractivity contribution >= 4 is 11.5 Å². The summed E-state index contributed by atoms with van der Waals surface area (Å²) in [6.45, 7) is 4.40. The topological polar surface area (TPSA) is 54.9 Å². The van der Waals surface area contributed by atoms with Gasteiger partial charge in [0.25, 0.3) is 0 Å². The zero-order valence-corrected chi connectivity index (χ0v) is 11.2. The van der Waals surface area contributed by atoms with Crippen molar-refractivity contribution in [3.8, 4) is 0 Å². The maximum atomic E-state index is 11.5. The molecule has 19 heavy (non-hydrogen) atoms. The van der Waals surface area contributed by atoms with Crippen LogP contribution in [0.4, 0.5) is 5.69 Å². The third kappa shape index (κ3) is 3.61. The van der Waals surface area contributed by atoms with Gasteiger partial charge in [-0.1, -0.05) is 6.92 Å². The van der Waals surface area contributed by atoms with Gasteiger partial charge in [-0.3, -0.25) is 14.8 Å². The Bertz CT molecular complexity index is 547. The maximum Gasteiger partial charge on any atom is 0.162 e. The molecule has 0 fully saturated rings. The van der Waals surface area contributed by atoms with Crippen LogP contribution in [0.1, 0.15) is 35.1 Å². The van der Waals surface area contributed by atoms with Crippen molar-refractivity contribution < 1.29 is 4.79 Å². The van der Waals surface area contributed by atoms with E-state index in [-0.39, 0.29) is 5.78 Å². The lowest BCUT2D eigenvalue weighted by atomic mass is 10.1. The summed E-state index contributed by atoms with van der Waals surface area (Å²) in [5.41, 5.74) is 3.52. The summed E-state index contributed by atoms with van der Waals surface area (Å²) in [7, 11) is 0. The Labute approximate surface area is 112 Å². The molecule has 0 amide bonds. The fourth-order valence-electron chi connectivity index (χ4n) is 1.68. The third-order valence-electron chi connectivity index (χ3n) is 2.84. The molecule has 4 heteroatoms. The zero-order valence-electron chi connectivity index (χ0n) is 11.2. The van der Waals surface area contributed by atoms with Gasteiger partial charge in [0.1, 0.15) is 0 Å². The molecule has 98 valence electrons. The first-order valence-electron chi connectivity index (χ1n) is 6.33. The van der Waals surface area contributed by atoms with Crippen LogP contribution in [0.15, 0.2) is 36.7 Å². The van der Waals surface area contributed by atoms with Crippen molar-refractivity contribution in [2.24, 2.45) is 0 Å². The summed E-state index contributed by atoms with van der Waals surface area (Å²) in [5, 5.41) is 3.25. The van der Waals surface area contributed by atoms with E-state index in [4.69, 9.17) is 0 Å². The molecule has 1 N–H and O–H groups in total. The molecule has 1 aromatic heterocycles. The zero-order chi connectivity index (χ0) is 13.7. The van der Waals surface area contributed by atoms with E-state index >= 15 is 0 Å². The molecular formula is C15H17N3O. The molecule has 0 saturated heterocycles. The van der Waals surface area contributed by atoms with Gasteiger partial charge in [0.05, 0.1) is 24.1 Å². The minimum absolute atomic E-state index is 0.163. The van der Waals surface area contributed by atoms with E-state index in [1.165, 1.54) is 0 Å². The van der Waals surface area contributed by atoms with Gasteiger partial charge in [-0.05, 0) is 31.2 Å². The van der Waals surface area contributed by atoms with Gasteiger partial charge >= 0.3 is 0 Å². The van der Waals surface area contributed by atoms with Crippen LogP contribution in [-0.4, -0.2) is 15.8 Å². The van der Waals surface area contributed by atoms with Crippen molar-refractivity contribution in [1.29, 1.82) is 0 Å². The molecule has 0 unspecified atom stereocenters. The lowest BCUT2D eigenvalue weighted by Gasteiger charge is -2.06. The molecule has 1 aromatic carbocycles. The molecule has 0 atom stereocenters. The Morgan fingerprint density at radius 2 is 1.89 bits per heavy atom. The Morgan fingerprint density at radius 1 is 1.16 bits per heavy atom. The maximum absolute atomic E-state index is 11.5. The number of carbonyl (C=O) groups is 1. The number of hydrogen-bond donors (Lipinski definition) is 1. The highest BCUT2D eigenvalue weighted by Gasteiger charge is 2.02. The van der Waals surface area contributed by atoms with Gasteiger partial charge in [0.2, 0.25) is 0 Å². The largest absolute Gasteiger partial charge is 0.379 e. The van der Waals surface area contributed by atoms with E-state index in [0.29, 0.717) is 13.0 Å². The van der Waals surface area contributed by atoms with E-state index in [1.54, 1.807) is 12.4 Å². The minimum Gasteiger partial charge on any atom is -0.379 e. The van der Waals surface area contributed by atoms with Gasteiger partial charge < -0.3 is 5.32 Å². The molecule has 4 nitrogen and oxygen atoms in total. The summed E-state index contributed by atoms with van der Waals surface area (Å²) >= 11 is 0. The average Bonchev–Trinajstić information content (AvgIpc) is 2.46. The van der Waals surface area contributed by atoms with E-state index in [9.17, 15) is 4.79 Å². The van der Waals surface area contributed by atoms with Crippen LogP contribution in [0, 0.1) is 6.92 Å². The first-order valence-corrected chi connectivity index (χ1v) is 6.33. The second-order valence-corrected chi connectivity index (χ2v) is 4.36. The quantitative estimate of drug-likeness (QED) is 0.834. The number of hydrogen-bond acceptors (Lipinski definition) is 4. The normalized spacial score (nSPS) is 10.2. The van der Waals surface area contributed by atoms with Crippen LogP contribution in [0.2, 0.25) is 0 Å². The molecule has 2 aromatic rings. The highest BCUT2D eigenvalue weighted by Crippen LogP contribution is 2.12. The van der Waals surface area contributed by atoms with Gasteiger partial charge in [-0.15, -0.1) is 0 Å². The number of benzene rings is 1. The van der Waals surface area contributed by atoms with E-state index < -0.39 is 0 Å². The molecular weight excluding hydrogens is 238 g/mol. The number of nitrogens with zero attached hydrogens (tertiary/aromatic N) is 2. The summed E-state index contributed by atoms with van der Waals surface area (Å²) in [6, 6.07) is 7.50. The first kappa shape index (κ1) is 13.2. The van der Waals surface area contributed by atoms with E-state index in [2.05, 4.69) is 15.3 Å². The molecule has 0 bridgehead atoms. The number of rotatable bonds is 5. The number of ketones is 1. The van der Waals surface area contributed by atoms with Gasteiger partial charge in [0.15, 0.2) is 5.78 Å².